The Hall–Kier alpha value is -1.89. The Morgan fingerprint density at radius 3 is 2.83 bits per heavy atom. The van der Waals surface area contributed by atoms with Gasteiger partial charge in [0.1, 0.15) is 5.54 Å². The van der Waals surface area contributed by atoms with Crippen molar-refractivity contribution in [2.45, 2.75) is 51.0 Å². The number of rotatable bonds is 4. The number of carbonyl (C=O) groups is 3. The second-order valence-corrected chi connectivity index (χ2v) is 7.28. The monoisotopic (exact) mass is 335 g/mol. The van der Waals surface area contributed by atoms with Crippen molar-refractivity contribution in [3.63, 3.8) is 0 Å². The van der Waals surface area contributed by atoms with Gasteiger partial charge in [-0.3, -0.25) is 15.0 Å². The maximum atomic E-state index is 12.6. The minimum Gasteiger partial charge on any atom is -0.322 e. The molecule has 2 N–H and O–H groups in total. The molecule has 1 aromatic heterocycles. The Morgan fingerprint density at radius 2 is 2.17 bits per heavy atom. The van der Waals surface area contributed by atoms with E-state index in [9.17, 15) is 14.4 Å². The van der Waals surface area contributed by atoms with Gasteiger partial charge in [-0.15, -0.1) is 0 Å². The highest BCUT2D eigenvalue weighted by molar-refractivity contribution is 7.07. The van der Waals surface area contributed by atoms with E-state index in [-0.39, 0.29) is 18.2 Å². The van der Waals surface area contributed by atoms with E-state index in [1.54, 1.807) is 11.3 Å². The fourth-order valence-corrected chi connectivity index (χ4v) is 3.89. The largest absolute Gasteiger partial charge is 0.344 e. The summed E-state index contributed by atoms with van der Waals surface area (Å²) in [6.07, 6.45) is 3.94. The molecule has 2 fully saturated rings. The number of nitrogens with zero attached hydrogens (tertiary/aromatic N) is 1. The van der Waals surface area contributed by atoms with E-state index in [0.29, 0.717) is 25.2 Å². The highest BCUT2D eigenvalue weighted by Crippen LogP contribution is 2.35. The standard InChI is InChI=1S/C16H21N3O3S/c1-11-4-7-16(8-5-11)14(21)19(15(22)17-16)18-13(20)3-2-12-6-9-23-10-12/h6,9-11H,2-5,7-8H2,1H3,(H,17,22)(H,18,20). The van der Waals surface area contributed by atoms with Crippen LogP contribution in [0.5, 0.6) is 0 Å². The summed E-state index contributed by atoms with van der Waals surface area (Å²) >= 11 is 1.58. The number of thiophene rings is 1. The Balaban J connectivity index is 1.58. The van der Waals surface area contributed by atoms with Gasteiger partial charge in [-0.1, -0.05) is 6.92 Å². The molecule has 124 valence electrons. The number of urea groups is 1. The molecule has 0 bridgehead atoms. The number of aryl methyl sites for hydroxylation is 1. The van der Waals surface area contributed by atoms with Crippen LogP contribution in [0.1, 0.15) is 44.6 Å². The van der Waals surface area contributed by atoms with E-state index < -0.39 is 11.6 Å². The molecule has 1 saturated carbocycles. The van der Waals surface area contributed by atoms with Crippen molar-refractivity contribution >= 4 is 29.2 Å². The first-order valence-corrected chi connectivity index (χ1v) is 8.92. The van der Waals surface area contributed by atoms with Gasteiger partial charge in [-0.2, -0.15) is 16.3 Å². The molecular formula is C16H21N3O3S. The molecule has 0 aromatic carbocycles. The topological polar surface area (TPSA) is 78.5 Å². The average molecular weight is 335 g/mol. The predicted molar refractivity (Wildman–Crippen MR) is 86.5 cm³/mol. The first-order valence-electron chi connectivity index (χ1n) is 7.97. The molecule has 1 aromatic rings. The van der Waals surface area contributed by atoms with Crippen molar-refractivity contribution in [2.24, 2.45) is 5.92 Å². The molecule has 4 amide bonds. The summed E-state index contributed by atoms with van der Waals surface area (Å²) in [5.74, 6) is -0.0706. The third-order valence-corrected chi connectivity index (χ3v) is 5.48. The van der Waals surface area contributed by atoms with Crippen LogP contribution in [0.15, 0.2) is 16.8 Å². The minimum atomic E-state index is -0.815. The van der Waals surface area contributed by atoms with Crippen LogP contribution in [0.2, 0.25) is 0 Å². The lowest BCUT2D eigenvalue weighted by Crippen LogP contribution is -2.51. The van der Waals surface area contributed by atoms with Crippen molar-refractivity contribution < 1.29 is 14.4 Å². The second-order valence-electron chi connectivity index (χ2n) is 6.50. The van der Waals surface area contributed by atoms with Gasteiger partial charge in [0.05, 0.1) is 0 Å². The fraction of sp³-hybridized carbons (Fsp3) is 0.562. The lowest BCUT2D eigenvalue weighted by Gasteiger charge is -2.33. The van der Waals surface area contributed by atoms with Gasteiger partial charge < -0.3 is 5.32 Å². The lowest BCUT2D eigenvalue weighted by molar-refractivity contribution is -0.140. The Bertz CT molecular complexity index is 606. The van der Waals surface area contributed by atoms with E-state index >= 15 is 0 Å². The molecule has 1 aliphatic carbocycles. The highest BCUT2D eigenvalue weighted by Gasteiger charge is 2.52. The van der Waals surface area contributed by atoms with Gasteiger partial charge in [0.15, 0.2) is 0 Å². The van der Waals surface area contributed by atoms with Crippen LogP contribution in [-0.4, -0.2) is 28.4 Å². The zero-order chi connectivity index (χ0) is 16.4. The molecule has 6 nitrogen and oxygen atoms in total. The minimum absolute atomic E-state index is 0.248. The van der Waals surface area contributed by atoms with Crippen LogP contribution in [0.3, 0.4) is 0 Å². The molecule has 0 radical (unpaired) electrons. The Kier molecular flexibility index (Phi) is 4.39. The molecule has 1 aliphatic heterocycles. The summed E-state index contributed by atoms with van der Waals surface area (Å²) in [7, 11) is 0. The van der Waals surface area contributed by atoms with Crippen molar-refractivity contribution in [1.29, 1.82) is 0 Å². The summed E-state index contributed by atoms with van der Waals surface area (Å²) in [5, 5.41) is 7.60. The van der Waals surface area contributed by atoms with Crippen LogP contribution < -0.4 is 10.7 Å². The first kappa shape index (κ1) is 16.0. The quantitative estimate of drug-likeness (QED) is 0.828. The lowest BCUT2D eigenvalue weighted by atomic mass is 9.77. The molecule has 23 heavy (non-hydrogen) atoms. The first-order chi connectivity index (χ1) is 11.0. The van der Waals surface area contributed by atoms with E-state index in [1.807, 2.05) is 16.8 Å². The zero-order valence-corrected chi connectivity index (χ0v) is 13.9. The third kappa shape index (κ3) is 3.24. The number of hydrogen-bond acceptors (Lipinski definition) is 4. The fourth-order valence-electron chi connectivity index (χ4n) is 3.19. The SMILES string of the molecule is CC1CCC2(CC1)NC(=O)N(NC(=O)CCc1ccsc1)C2=O. The molecule has 7 heteroatoms. The van der Waals surface area contributed by atoms with Crippen LogP contribution in [0.25, 0.3) is 0 Å². The normalized spacial score (nSPS) is 27.3. The smallest absolute Gasteiger partial charge is 0.322 e. The number of carbonyl (C=O) groups excluding carboxylic acids is 3. The molecule has 3 rings (SSSR count). The molecule has 1 saturated heterocycles. The number of hydrazine groups is 1. The average Bonchev–Trinajstić information content (AvgIpc) is 3.12. The van der Waals surface area contributed by atoms with Gasteiger partial charge in [-0.05, 0) is 60.4 Å². The summed E-state index contributed by atoms with van der Waals surface area (Å²) in [6.45, 7) is 2.15. The van der Waals surface area contributed by atoms with Crippen molar-refractivity contribution in [2.75, 3.05) is 0 Å². The van der Waals surface area contributed by atoms with Gasteiger partial charge in [0.25, 0.3) is 5.91 Å². The van der Waals surface area contributed by atoms with E-state index in [0.717, 1.165) is 23.4 Å². The van der Waals surface area contributed by atoms with Crippen LogP contribution in [0.4, 0.5) is 4.79 Å². The predicted octanol–water partition coefficient (Wildman–Crippen LogP) is 2.21. The summed E-state index contributed by atoms with van der Waals surface area (Å²) in [5.41, 5.74) is 2.73. The number of amides is 4. The Labute approximate surface area is 139 Å². The molecule has 2 aliphatic rings. The molecule has 0 unspecified atom stereocenters. The van der Waals surface area contributed by atoms with Gasteiger partial charge >= 0.3 is 6.03 Å². The summed E-state index contributed by atoms with van der Waals surface area (Å²) < 4.78 is 0. The zero-order valence-electron chi connectivity index (χ0n) is 13.1. The number of nitrogens with one attached hydrogen (secondary N) is 2. The van der Waals surface area contributed by atoms with E-state index in [4.69, 9.17) is 0 Å². The van der Waals surface area contributed by atoms with Crippen LogP contribution in [0, 0.1) is 5.92 Å². The second kappa shape index (κ2) is 6.31. The molecule has 1 spiro atoms. The summed E-state index contributed by atoms with van der Waals surface area (Å²) in [6, 6.07) is 1.44. The van der Waals surface area contributed by atoms with E-state index in [2.05, 4.69) is 17.7 Å². The summed E-state index contributed by atoms with van der Waals surface area (Å²) in [4.78, 5) is 36.7. The van der Waals surface area contributed by atoms with Gasteiger partial charge in [0.2, 0.25) is 5.91 Å². The van der Waals surface area contributed by atoms with Crippen LogP contribution >= 0.6 is 11.3 Å². The Morgan fingerprint density at radius 1 is 1.43 bits per heavy atom. The molecule has 0 atom stereocenters. The third-order valence-electron chi connectivity index (χ3n) is 4.75. The van der Waals surface area contributed by atoms with Crippen molar-refractivity contribution in [1.82, 2.24) is 15.8 Å². The van der Waals surface area contributed by atoms with Crippen LogP contribution in [-0.2, 0) is 16.0 Å². The van der Waals surface area contributed by atoms with Gasteiger partial charge in [0, 0.05) is 6.42 Å². The number of hydrogen-bond donors (Lipinski definition) is 2. The molecule has 2 heterocycles. The van der Waals surface area contributed by atoms with Crippen molar-refractivity contribution in [3.05, 3.63) is 22.4 Å². The maximum Gasteiger partial charge on any atom is 0.344 e. The van der Waals surface area contributed by atoms with E-state index in [1.165, 1.54) is 0 Å². The highest BCUT2D eigenvalue weighted by atomic mass is 32.1. The van der Waals surface area contributed by atoms with Crippen molar-refractivity contribution in [3.8, 4) is 0 Å². The number of imide groups is 1. The van der Waals surface area contributed by atoms with Gasteiger partial charge in [-0.25, -0.2) is 4.79 Å². The maximum absolute atomic E-state index is 12.6. The molecular weight excluding hydrogens is 314 g/mol.